The molecule has 2 amide bonds. The van der Waals surface area contributed by atoms with Gasteiger partial charge in [0.25, 0.3) is 0 Å². The highest BCUT2D eigenvalue weighted by Gasteiger charge is 2.30. The number of nitrogens with one attached hydrogen (secondary N) is 2. The van der Waals surface area contributed by atoms with Crippen molar-refractivity contribution in [2.24, 2.45) is 5.92 Å². The lowest BCUT2D eigenvalue weighted by atomic mass is 9.90. The molecule has 4 N–H and O–H groups in total. The van der Waals surface area contributed by atoms with Gasteiger partial charge in [-0.1, -0.05) is 55.5 Å². The Balaban J connectivity index is 1.80. The summed E-state index contributed by atoms with van der Waals surface area (Å²) in [6.45, 7) is 5.28. The number of phenols is 1. The van der Waals surface area contributed by atoms with Gasteiger partial charge in [-0.05, 0) is 75.6 Å². The van der Waals surface area contributed by atoms with E-state index < -0.39 is 36.2 Å². The number of aliphatic hydroxyl groups is 1. The molecule has 3 rings (SSSR count). The third kappa shape index (κ3) is 11.8. The minimum atomic E-state index is -0.883. The third-order valence-corrected chi connectivity index (χ3v) is 8.12. The number of aryl methyl sites for hydroxylation is 1. The molecule has 45 heavy (non-hydrogen) atoms. The van der Waals surface area contributed by atoms with Crippen LogP contribution in [0.2, 0.25) is 0 Å². The lowest BCUT2D eigenvalue weighted by Gasteiger charge is -2.29. The van der Waals surface area contributed by atoms with Crippen LogP contribution >= 0.6 is 0 Å². The first-order valence-electron chi connectivity index (χ1n) is 15.8. The number of rotatable bonds is 5. The largest absolute Gasteiger partial charge is 0.508 e. The fourth-order valence-corrected chi connectivity index (χ4v) is 5.34. The van der Waals surface area contributed by atoms with Crippen LogP contribution in [0.5, 0.6) is 5.75 Å². The van der Waals surface area contributed by atoms with Gasteiger partial charge in [-0.25, -0.2) is 4.79 Å². The Morgan fingerprint density at radius 2 is 1.82 bits per heavy atom. The quantitative estimate of drug-likeness (QED) is 0.249. The minimum Gasteiger partial charge on any atom is -0.508 e. The minimum absolute atomic E-state index is 0.0434. The molecule has 244 valence electrons. The summed E-state index contributed by atoms with van der Waals surface area (Å²) in [5.41, 5.74) is 2.75. The molecule has 0 saturated carbocycles. The summed E-state index contributed by atoms with van der Waals surface area (Å²) in [4.78, 5) is 38.4. The summed E-state index contributed by atoms with van der Waals surface area (Å²) in [5.74, 6) is -1.45. The van der Waals surface area contributed by atoms with Crippen LogP contribution in [0.3, 0.4) is 0 Å². The smallest absolute Gasteiger partial charge is 0.328 e. The molecule has 1 aliphatic heterocycles. The first kappa shape index (κ1) is 35.5. The Labute approximate surface area is 266 Å². The SMILES string of the molecule is CO[C@H]1C=CC=CC=CC[C@H](OC(=O)[C@H](C)NC(=O)C2=CCCCC2)[C@H](C)[C@H](O)C(C)=CCCc2cc(O)cc(c2)NC(=O)C1. The summed E-state index contributed by atoms with van der Waals surface area (Å²) in [6, 6.07) is 4.11. The van der Waals surface area contributed by atoms with Gasteiger partial charge >= 0.3 is 5.97 Å². The Bertz CT molecular complexity index is 1330. The Morgan fingerprint density at radius 3 is 2.56 bits per heavy atom. The topological polar surface area (TPSA) is 134 Å². The van der Waals surface area contributed by atoms with E-state index in [9.17, 15) is 24.6 Å². The highest BCUT2D eigenvalue weighted by molar-refractivity contribution is 5.96. The number of esters is 1. The van der Waals surface area contributed by atoms with Crippen molar-refractivity contribution in [1.82, 2.24) is 5.32 Å². The van der Waals surface area contributed by atoms with Gasteiger partial charge in [0.1, 0.15) is 17.9 Å². The molecule has 1 aromatic rings. The lowest BCUT2D eigenvalue weighted by molar-refractivity contribution is -0.156. The Hall–Kier alpha value is -3.95. The van der Waals surface area contributed by atoms with Crippen LogP contribution in [0, 0.1) is 5.92 Å². The van der Waals surface area contributed by atoms with E-state index in [2.05, 4.69) is 10.6 Å². The van der Waals surface area contributed by atoms with Gasteiger partial charge in [-0.15, -0.1) is 0 Å². The Morgan fingerprint density at radius 1 is 1.04 bits per heavy atom. The van der Waals surface area contributed by atoms with Gasteiger partial charge in [0.2, 0.25) is 11.8 Å². The molecular weight excluding hydrogens is 572 g/mol. The van der Waals surface area contributed by atoms with Gasteiger partial charge in [-0.2, -0.15) is 0 Å². The number of anilines is 1. The fourth-order valence-electron chi connectivity index (χ4n) is 5.34. The number of allylic oxidation sites excluding steroid dienone is 6. The number of methoxy groups -OCH3 is 1. The maximum absolute atomic E-state index is 13.1. The summed E-state index contributed by atoms with van der Waals surface area (Å²) in [5, 5.41) is 27.1. The van der Waals surface area contributed by atoms with E-state index in [-0.39, 0.29) is 24.0 Å². The first-order valence-corrected chi connectivity index (χ1v) is 15.8. The molecule has 9 nitrogen and oxygen atoms in total. The second kappa shape index (κ2) is 18.1. The average Bonchev–Trinajstić information content (AvgIpc) is 3.01. The Kier molecular flexibility index (Phi) is 14.3. The highest BCUT2D eigenvalue weighted by Crippen LogP contribution is 2.25. The fraction of sp³-hybridized carbons (Fsp3) is 0.472. The van der Waals surface area contributed by atoms with Crippen molar-refractivity contribution >= 4 is 23.5 Å². The third-order valence-electron chi connectivity index (χ3n) is 8.12. The van der Waals surface area contributed by atoms with Crippen LogP contribution in [0.4, 0.5) is 5.69 Å². The van der Waals surface area contributed by atoms with Crippen molar-refractivity contribution < 1.29 is 34.1 Å². The van der Waals surface area contributed by atoms with Crippen molar-refractivity contribution in [2.75, 3.05) is 12.4 Å². The molecule has 2 aliphatic rings. The number of ether oxygens (including phenoxy) is 2. The van der Waals surface area contributed by atoms with Gasteiger partial charge in [0.15, 0.2) is 0 Å². The first-order chi connectivity index (χ1) is 21.6. The van der Waals surface area contributed by atoms with Crippen molar-refractivity contribution in [3.8, 4) is 5.75 Å². The number of carbonyl (C=O) groups excluding carboxylic acids is 3. The zero-order valence-electron chi connectivity index (χ0n) is 26.8. The standard InChI is InChI=1S/C36H48N2O7/c1-24-14-13-15-27-20-29(22-30(39)21-27)38-33(40)23-31(44-4)18-11-6-5-7-12-19-32(25(2)34(24)41)45-36(43)26(3)37-35(42)28-16-9-8-10-17-28/h5-7,11-12,14,16,18,20-22,25-26,31-32,34,39,41H,8-10,13,15,17,19,23H2,1-4H3,(H,37,42)(H,38,40)/t25-,26-,31-,32-,34+/m0/s1. The molecule has 1 aromatic carbocycles. The van der Waals surface area contributed by atoms with Crippen LogP contribution < -0.4 is 10.6 Å². The second-order valence-electron chi connectivity index (χ2n) is 11.8. The molecule has 9 heteroatoms. The number of hydrogen-bond acceptors (Lipinski definition) is 7. The van der Waals surface area contributed by atoms with Crippen LogP contribution in [0.15, 0.2) is 78.0 Å². The molecule has 0 spiro atoms. The molecule has 5 atom stereocenters. The van der Waals surface area contributed by atoms with E-state index in [1.54, 1.807) is 31.2 Å². The summed E-state index contributed by atoms with van der Waals surface area (Å²) >= 11 is 0. The lowest BCUT2D eigenvalue weighted by Crippen LogP contribution is -2.43. The molecule has 2 bridgehead atoms. The van der Waals surface area contributed by atoms with Crippen molar-refractivity contribution in [3.05, 3.63) is 83.5 Å². The monoisotopic (exact) mass is 620 g/mol. The maximum atomic E-state index is 13.1. The zero-order chi connectivity index (χ0) is 32.8. The van der Waals surface area contributed by atoms with Crippen LogP contribution in [0.1, 0.15) is 71.3 Å². The summed E-state index contributed by atoms with van der Waals surface area (Å²) in [7, 11) is 1.53. The molecule has 1 aliphatic carbocycles. The van der Waals surface area contributed by atoms with Gasteiger partial charge in [0, 0.05) is 36.8 Å². The van der Waals surface area contributed by atoms with E-state index in [0.717, 1.165) is 30.4 Å². The van der Waals surface area contributed by atoms with Crippen LogP contribution in [-0.4, -0.2) is 59.5 Å². The number of phenolic OH excluding ortho intramolecular Hbond substituents is 1. The van der Waals surface area contributed by atoms with Gasteiger partial charge < -0.3 is 30.3 Å². The zero-order valence-corrected chi connectivity index (χ0v) is 26.8. The van der Waals surface area contributed by atoms with Crippen molar-refractivity contribution in [2.45, 2.75) is 96.5 Å². The molecule has 0 aromatic heterocycles. The second-order valence-corrected chi connectivity index (χ2v) is 11.8. The van der Waals surface area contributed by atoms with Crippen molar-refractivity contribution in [3.63, 3.8) is 0 Å². The average molecular weight is 621 g/mol. The molecule has 0 fully saturated rings. The summed E-state index contributed by atoms with van der Waals surface area (Å²) in [6.07, 6.45) is 17.9. The normalized spacial score (nSPS) is 24.3. The number of hydrogen-bond donors (Lipinski definition) is 4. The van der Waals surface area contributed by atoms with E-state index >= 15 is 0 Å². The predicted molar refractivity (Wildman–Crippen MR) is 175 cm³/mol. The maximum Gasteiger partial charge on any atom is 0.328 e. The number of amides is 2. The highest BCUT2D eigenvalue weighted by atomic mass is 16.5. The van der Waals surface area contributed by atoms with E-state index in [4.69, 9.17) is 9.47 Å². The van der Waals surface area contributed by atoms with E-state index in [1.165, 1.54) is 13.2 Å². The molecule has 0 unspecified atom stereocenters. The molecular formula is C36H48N2O7. The summed E-state index contributed by atoms with van der Waals surface area (Å²) < 4.78 is 11.3. The number of fused-ring (bicyclic) bond motifs is 2. The predicted octanol–water partition coefficient (Wildman–Crippen LogP) is 5.60. The van der Waals surface area contributed by atoms with Gasteiger partial charge in [-0.3, -0.25) is 9.59 Å². The number of aliphatic hydroxyl groups excluding tert-OH is 1. The number of aromatic hydroxyl groups is 1. The van der Waals surface area contributed by atoms with Crippen LogP contribution in [0.25, 0.3) is 0 Å². The molecule has 1 heterocycles. The molecule has 0 radical (unpaired) electrons. The number of carbonyl (C=O) groups is 3. The van der Waals surface area contributed by atoms with Gasteiger partial charge in [0.05, 0.1) is 18.6 Å². The molecule has 0 saturated heterocycles. The van der Waals surface area contributed by atoms with Crippen molar-refractivity contribution in [1.29, 1.82) is 0 Å². The van der Waals surface area contributed by atoms with E-state index in [0.29, 0.717) is 36.9 Å². The van der Waals surface area contributed by atoms with E-state index in [1.807, 2.05) is 50.3 Å². The number of benzene rings is 1. The van der Waals surface area contributed by atoms with Crippen LogP contribution in [-0.2, 0) is 30.3 Å².